The van der Waals surface area contributed by atoms with Crippen LogP contribution in [0.5, 0.6) is 0 Å². The fourth-order valence-electron chi connectivity index (χ4n) is 4.17. The van der Waals surface area contributed by atoms with Crippen molar-refractivity contribution in [1.82, 2.24) is 9.80 Å². The molecule has 0 saturated carbocycles. The Morgan fingerprint density at radius 3 is 2.40 bits per heavy atom. The van der Waals surface area contributed by atoms with Gasteiger partial charge in [-0.3, -0.25) is 9.00 Å². The minimum Gasteiger partial charge on any atom is -0.481 e. The number of nitrogens with two attached hydrogens (primary N) is 1. The lowest BCUT2D eigenvalue weighted by Gasteiger charge is -2.37. The molecule has 0 aromatic heterocycles. The molecule has 188 valence electrons. The minimum absolute atomic E-state index is 0.0826. The van der Waals surface area contributed by atoms with Crippen molar-refractivity contribution in [3.05, 3.63) is 72.3 Å². The third-order valence-corrected chi connectivity index (χ3v) is 7.05. The molecule has 2 N–H and O–H groups in total. The molecule has 0 aliphatic carbocycles. The number of aliphatic imine (C=N–C) groups is 1. The summed E-state index contributed by atoms with van der Waals surface area (Å²) in [5.41, 5.74) is 6.24. The molecule has 4 rings (SSSR count). The summed E-state index contributed by atoms with van der Waals surface area (Å²) in [6, 6.07) is 14.4. The van der Waals surface area contributed by atoms with Gasteiger partial charge in [0.25, 0.3) is 0 Å². The van der Waals surface area contributed by atoms with Gasteiger partial charge in [0.15, 0.2) is 0 Å². The summed E-state index contributed by atoms with van der Waals surface area (Å²) in [5, 5.41) is 0. The highest BCUT2D eigenvalue weighted by Crippen LogP contribution is 2.24. The number of hydrogen-bond donors (Lipinski definition) is 1. The van der Waals surface area contributed by atoms with E-state index in [4.69, 9.17) is 10.5 Å². The molecule has 35 heavy (non-hydrogen) atoms. The Labute approximate surface area is 208 Å². The molecule has 2 aliphatic rings. The highest BCUT2D eigenvalue weighted by molar-refractivity contribution is 7.84. The number of amides is 1. The van der Waals surface area contributed by atoms with Crippen LogP contribution in [0, 0.1) is 5.82 Å². The van der Waals surface area contributed by atoms with Crippen LogP contribution in [0.4, 0.5) is 10.1 Å². The number of carbonyl (C=O) groups is 1. The number of nitrogen functional groups attached to an aromatic ring is 1. The minimum atomic E-state index is -1.14. The molecule has 0 spiro atoms. The average Bonchev–Trinajstić information content (AvgIpc) is 3.30. The quantitative estimate of drug-likeness (QED) is 0.384. The van der Waals surface area contributed by atoms with Crippen molar-refractivity contribution < 1.29 is 18.1 Å². The number of carbonyl (C=O) groups excluding carboxylic acids is 1. The summed E-state index contributed by atoms with van der Waals surface area (Å²) in [4.78, 5) is 21.2. The molecule has 0 bridgehead atoms. The maximum Gasteiger partial charge on any atom is 0.222 e. The predicted octanol–water partition coefficient (Wildman–Crippen LogP) is 3.78. The molecule has 2 aliphatic heterocycles. The van der Waals surface area contributed by atoms with Gasteiger partial charge in [0.1, 0.15) is 11.6 Å². The average molecular weight is 501 g/mol. The highest BCUT2D eigenvalue weighted by atomic mass is 32.2. The zero-order valence-corrected chi connectivity index (χ0v) is 21.1. The number of nitrogens with zero attached hydrogens (tertiary/aromatic N) is 3. The Morgan fingerprint density at radius 1 is 1.17 bits per heavy atom. The molecule has 0 radical (unpaired) electrons. The van der Waals surface area contributed by atoms with Gasteiger partial charge in [-0.2, -0.15) is 4.99 Å². The van der Waals surface area contributed by atoms with E-state index in [-0.39, 0.29) is 5.69 Å². The maximum absolute atomic E-state index is 12.7. The second kappa shape index (κ2) is 12.5. The van der Waals surface area contributed by atoms with Crippen molar-refractivity contribution in [3.63, 3.8) is 0 Å². The Morgan fingerprint density at radius 2 is 1.86 bits per heavy atom. The number of rotatable bonds is 5. The Hall–Kier alpha value is -3.20. The van der Waals surface area contributed by atoms with Crippen LogP contribution in [0.2, 0.25) is 0 Å². The van der Waals surface area contributed by atoms with E-state index in [0.29, 0.717) is 29.2 Å². The lowest BCUT2D eigenvalue weighted by atomic mass is 10.0. The molecule has 9 heteroatoms. The van der Waals surface area contributed by atoms with Gasteiger partial charge in [0.05, 0.1) is 12.8 Å². The van der Waals surface area contributed by atoms with Gasteiger partial charge in [-0.1, -0.05) is 24.8 Å². The smallest absolute Gasteiger partial charge is 0.222 e. The van der Waals surface area contributed by atoms with Gasteiger partial charge in [0, 0.05) is 59.6 Å². The van der Waals surface area contributed by atoms with E-state index >= 15 is 0 Å². The summed E-state index contributed by atoms with van der Waals surface area (Å²) in [6.07, 6.45) is 5.17. The Balaban J connectivity index is 0.000000261. The molecule has 1 unspecified atom stereocenters. The zero-order chi connectivity index (χ0) is 25.4. The summed E-state index contributed by atoms with van der Waals surface area (Å²) >= 11 is 0. The normalized spacial score (nSPS) is 17.6. The number of anilines is 1. The highest BCUT2D eigenvalue weighted by Gasteiger charge is 2.31. The van der Waals surface area contributed by atoms with Crippen LogP contribution in [0.3, 0.4) is 0 Å². The van der Waals surface area contributed by atoms with Crippen LogP contribution in [0.1, 0.15) is 31.2 Å². The van der Waals surface area contributed by atoms with Crippen LogP contribution in [0.15, 0.2) is 70.8 Å². The summed E-state index contributed by atoms with van der Waals surface area (Å²) < 4.78 is 28.9. The molecule has 2 aromatic rings. The first kappa shape index (κ1) is 26.4. The second-order valence-corrected chi connectivity index (χ2v) is 9.83. The van der Waals surface area contributed by atoms with Crippen molar-refractivity contribution in [3.8, 4) is 0 Å². The van der Waals surface area contributed by atoms with E-state index in [1.807, 2.05) is 30.3 Å². The van der Waals surface area contributed by atoms with E-state index in [1.54, 1.807) is 13.2 Å². The van der Waals surface area contributed by atoms with E-state index < -0.39 is 16.6 Å². The van der Waals surface area contributed by atoms with E-state index in [0.717, 1.165) is 50.3 Å². The number of ether oxygens (including phenoxy) is 1. The first-order valence-electron chi connectivity index (χ1n) is 11.6. The van der Waals surface area contributed by atoms with Gasteiger partial charge in [-0.25, -0.2) is 4.39 Å². The Kier molecular flexibility index (Phi) is 9.42. The van der Waals surface area contributed by atoms with Crippen LogP contribution in [-0.4, -0.2) is 64.9 Å². The summed E-state index contributed by atoms with van der Waals surface area (Å²) in [7, 11) is 0.486. The largest absolute Gasteiger partial charge is 0.481 e. The van der Waals surface area contributed by atoms with E-state index in [1.165, 1.54) is 18.4 Å². The monoisotopic (exact) mass is 500 g/mol. The lowest BCUT2D eigenvalue weighted by Crippen LogP contribution is -2.44. The number of likely N-dealkylation sites (tertiary alicyclic amines) is 2. The lowest BCUT2D eigenvalue weighted by molar-refractivity contribution is -0.130. The maximum atomic E-state index is 12.7. The van der Waals surface area contributed by atoms with Gasteiger partial charge in [0.2, 0.25) is 11.8 Å². The first-order valence-corrected chi connectivity index (χ1v) is 13.2. The second-order valence-electron chi connectivity index (χ2n) is 8.45. The number of methoxy groups -OCH3 is 1. The fourth-order valence-corrected chi connectivity index (χ4v) is 4.70. The molecule has 2 fully saturated rings. The van der Waals surface area contributed by atoms with Gasteiger partial charge >= 0.3 is 0 Å². The predicted molar refractivity (Wildman–Crippen MR) is 138 cm³/mol. The van der Waals surface area contributed by atoms with E-state index in [9.17, 15) is 13.4 Å². The van der Waals surface area contributed by atoms with Gasteiger partial charge in [-0.15, -0.1) is 0 Å². The van der Waals surface area contributed by atoms with Crippen molar-refractivity contribution in [1.29, 1.82) is 0 Å². The van der Waals surface area contributed by atoms with Crippen molar-refractivity contribution in [2.24, 2.45) is 4.99 Å². The van der Waals surface area contributed by atoms with Gasteiger partial charge < -0.3 is 20.3 Å². The molecular weight excluding hydrogens is 467 g/mol. The summed E-state index contributed by atoms with van der Waals surface area (Å²) in [5.74, 6) is 1.10. The molecule has 2 aromatic carbocycles. The number of benzene rings is 2. The van der Waals surface area contributed by atoms with Gasteiger partial charge in [-0.05, 0) is 49.6 Å². The molecular formula is C26H33FN4O3S. The standard InChI is InChI=1S/C19H25N3O2.C7H8FNOS/c1-15(20-19(24-2)16-7-4-3-5-8-16)21-13-10-17(11-14-21)22-12-6-9-18(22)23;1-11(10)5-2-3-7(9)6(8)4-5/h3-5,7-8,17H,1,6,9-14H2,2H3;2-4H,9H2,1H3/b20-19-;. The van der Waals surface area contributed by atoms with Crippen molar-refractivity contribution >= 4 is 28.3 Å². The van der Waals surface area contributed by atoms with Crippen LogP contribution in [-0.2, 0) is 20.3 Å². The third kappa shape index (κ3) is 7.14. The number of halogens is 1. The molecule has 1 amide bonds. The zero-order valence-electron chi connectivity index (χ0n) is 20.3. The van der Waals surface area contributed by atoms with E-state index in [2.05, 4.69) is 21.4 Å². The van der Waals surface area contributed by atoms with Crippen molar-refractivity contribution in [2.75, 3.05) is 38.7 Å². The molecule has 2 saturated heterocycles. The Bertz CT molecular complexity index is 1090. The summed E-state index contributed by atoms with van der Waals surface area (Å²) in [6.45, 7) is 6.78. The molecule has 2 heterocycles. The topological polar surface area (TPSA) is 88.2 Å². The third-order valence-electron chi connectivity index (χ3n) is 6.13. The van der Waals surface area contributed by atoms with Crippen molar-refractivity contribution in [2.45, 2.75) is 36.6 Å². The van der Waals surface area contributed by atoms with Crippen LogP contribution in [0.25, 0.3) is 0 Å². The molecule has 7 nitrogen and oxygen atoms in total. The number of hydrogen-bond acceptors (Lipinski definition) is 6. The van der Waals surface area contributed by atoms with Crippen LogP contribution < -0.4 is 5.73 Å². The van der Waals surface area contributed by atoms with Crippen LogP contribution >= 0.6 is 0 Å². The first-order chi connectivity index (χ1) is 16.8. The number of piperidine rings is 1. The fraction of sp³-hybridized carbons (Fsp3) is 0.385. The SMILES string of the molecule is C=C(/N=C(\OC)c1ccccc1)N1CCC(N2CCCC2=O)CC1.CS(=O)c1ccc(N)c(F)c1. The molecule has 1 atom stereocenters.